The molecule has 3 heterocycles. The smallest absolute Gasteiger partial charge is 0.267 e. The number of nitriles is 1. The van der Waals surface area contributed by atoms with Gasteiger partial charge in [-0.15, -0.1) is 22.7 Å². The van der Waals surface area contributed by atoms with Gasteiger partial charge in [0.15, 0.2) is 0 Å². The first kappa shape index (κ1) is 14.3. The summed E-state index contributed by atoms with van der Waals surface area (Å²) in [6.45, 7) is 2.02. The summed E-state index contributed by atoms with van der Waals surface area (Å²) in [5.74, 6) is 0. The molecular weight excluding hydrogens is 368 g/mol. The molecule has 21 heavy (non-hydrogen) atoms. The van der Waals surface area contributed by atoms with Crippen molar-refractivity contribution in [2.24, 2.45) is 0 Å². The monoisotopic (exact) mass is 376 g/mol. The Balaban J connectivity index is 2.25. The van der Waals surface area contributed by atoms with Gasteiger partial charge in [0.1, 0.15) is 11.6 Å². The minimum absolute atomic E-state index is 0.154. The number of halogens is 1. The Morgan fingerprint density at radius 3 is 2.67 bits per heavy atom. The lowest BCUT2D eigenvalue weighted by molar-refractivity contribution is 1.23. The van der Waals surface area contributed by atoms with E-state index < -0.39 is 0 Å². The molecule has 0 aliphatic carbocycles. The Morgan fingerprint density at radius 1 is 1.29 bits per heavy atom. The largest absolute Gasteiger partial charge is 0.320 e. The zero-order valence-electron chi connectivity index (χ0n) is 10.9. The Bertz CT molecular complexity index is 914. The number of rotatable bonds is 2. The van der Waals surface area contributed by atoms with Crippen LogP contribution >= 0.6 is 38.6 Å². The summed E-state index contributed by atoms with van der Waals surface area (Å²) < 4.78 is 0.945. The number of nitrogens with zero attached hydrogens (tertiary/aromatic N) is 1. The topological polar surface area (TPSA) is 56.6 Å². The summed E-state index contributed by atoms with van der Waals surface area (Å²) in [5, 5.41) is 11.2. The second kappa shape index (κ2) is 5.60. The van der Waals surface area contributed by atoms with Crippen LogP contribution in [0.15, 0.2) is 38.9 Å². The van der Waals surface area contributed by atoms with Gasteiger partial charge < -0.3 is 4.98 Å². The summed E-state index contributed by atoms with van der Waals surface area (Å²) in [6, 6.07) is 9.79. The van der Waals surface area contributed by atoms with Gasteiger partial charge in [-0.25, -0.2) is 0 Å². The van der Waals surface area contributed by atoms with Crippen molar-refractivity contribution in [2.75, 3.05) is 0 Å². The minimum Gasteiger partial charge on any atom is -0.320 e. The van der Waals surface area contributed by atoms with Crippen LogP contribution in [-0.4, -0.2) is 4.98 Å². The van der Waals surface area contributed by atoms with Crippen LogP contribution in [0.4, 0.5) is 0 Å². The lowest BCUT2D eigenvalue weighted by Crippen LogP contribution is -2.12. The molecule has 0 atom stereocenters. The normalized spacial score (nSPS) is 10.5. The van der Waals surface area contributed by atoms with Crippen LogP contribution < -0.4 is 5.56 Å². The van der Waals surface area contributed by atoms with Crippen molar-refractivity contribution in [3.63, 3.8) is 0 Å². The maximum absolute atomic E-state index is 12.2. The molecule has 0 fully saturated rings. The fourth-order valence-corrected chi connectivity index (χ4v) is 4.32. The number of pyridine rings is 1. The van der Waals surface area contributed by atoms with Gasteiger partial charge in [-0.1, -0.05) is 0 Å². The zero-order valence-corrected chi connectivity index (χ0v) is 14.2. The van der Waals surface area contributed by atoms with Gasteiger partial charge in [-0.05, 0) is 47.1 Å². The van der Waals surface area contributed by atoms with Gasteiger partial charge in [0.25, 0.3) is 5.56 Å². The van der Waals surface area contributed by atoms with Crippen LogP contribution in [0.25, 0.3) is 21.0 Å². The SMILES string of the molecule is Cc1ccc(-c2cc(-c3cc(Br)cs3)c(C#N)c(=O)[nH]2)s1. The second-order valence-electron chi connectivity index (χ2n) is 4.45. The van der Waals surface area contributed by atoms with Gasteiger partial charge in [-0.2, -0.15) is 5.26 Å². The fraction of sp³-hybridized carbons (Fsp3) is 0.0667. The van der Waals surface area contributed by atoms with Gasteiger partial charge >= 0.3 is 0 Å². The second-order valence-corrected chi connectivity index (χ2v) is 7.57. The molecule has 0 aliphatic heterocycles. The van der Waals surface area contributed by atoms with E-state index in [1.54, 1.807) is 11.3 Å². The molecule has 3 nitrogen and oxygen atoms in total. The third kappa shape index (κ3) is 2.72. The van der Waals surface area contributed by atoms with Crippen molar-refractivity contribution >= 4 is 38.6 Å². The average Bonchev–Trinajstić information content (AvgIpc) is 3.06. The molecule has 1 N–H and O–H groups in total. The Labute approximate surface area is 137 Å². The molecule has 104 valence electrons. The van der Waals surface area contributed by atoms with Crippen LogP contribution in [0, 0.1) is 18.3 Å². The number of H-pyrrole nitrogens is 1. The molecule has 0 unspecified atom stereocenters. The molecule has 0 saturated heterocycles. The number of nitrogens with one attached hydrogen (secondary N) is 1. The van der Waals surface area contributed by atoms with Crippen molar-refractivity contribution in [3.8, 4) is 27.1 Å². The van der Waals surface area contributed by atoms with E-state index in [1.807, 2.05) is 42.6 Å². The lowest BCUT2D eigenvalue weighted by Gasteiger charge is -2.04. The van der Waals surface area contributed by atoms with E-state index in [9.17, 15) is 10.1 Å². The highest BCUT2D eigenvalue weighted by Crippen LogP contribution is 2.34. The predicted molar refractivity (Wildman–Crippen MR) is 90.8 cm³/mol. The third-order valence-corrected chi connectivity index (χ3v) is 5.74. The Hall–Kier alpha value is -1.68. The highest BCUT2D eigenvalue weighted by atomic mass is 79.9. The van der Waals surface area contributed by atoms with E-state index in [-0.39, 0.29) is 11.1 Å². The quantitative estimate of drug-likeness (QED) is 0.699. The summed E-state index contributed by atoms with van der Waals surface area (Å²) in [4.78, 5) is 18.0. The van der Waals surface area contributed by atoms with Crippen molar-refractivity contribution in [1.29, 1.82) is 5.26 Å². The first-order chi connectivity index (χ1) is 10.1. The number of aryl methyl sites for hydroxylation is 1. The molecule has 6 heteroatoms. The van der Waals surface area contributed by atoms with Crippen LogP contribution in [0.5, 0.6) is 0 Å². The van der Waals surface area contributed by atoms with Gasteiger partial charge in [0.2, 0.25) is 0 Å². The molecule has 3 rings (SSSR count). The standard InChI is InChI=1S/C15H9BrN2OS2/c1-8-2-3-13(21-8)12-5-10(11(6-17)15(19)18-12)14-4-9(16)7-20-14/h2-5,7H,1H3,(H,18,19). The first-order valence-corrected chi connectivity index (χ1v) is 8.56. The third-order valence-electron chi connectivity index (χ3n) is 2.98. The summed E-state index contributed by atoms with van der Waals surface area (Å²) in [7, 11) is 0. The summed E-state index contributed by atoms with van der Waals surface area (Å²) in [5.41, 5.74) is 1.23. The highest BCUT2D eigenvalue weighted by Gasteiger charge is 2.14. The molecule has 0 amide bonds. The highest BCUT2D eigenvalue weighted by molar-refractivity contribution is 9.10. The number of hydrogen-bond donors (Lipinski definition) is 1. The van der Waals surface area contributed by atoms with Crippen LogP contribution in [0.1, 0.15) is 10.4 Å². The molecule has 3 aromatic heterocycles. The summed E-state index contributed by atoms with van der Waals surface area (Å²) >= 11 is 6.52. The number of thiophene rings is 2. The van der Waals surface area contributed by atoms with Crippen LogP contribution in [0.2, 0.25) is 0 Å². The van der Waals surface area contributed by atoms with E-state index in [0.29, 0.717) is 5.56 Å². The van der Waals surface area contributed by atoms with E-state index in [2.05, 4.69) is 20.9 Å². The van der Waals surface area contributed by atoms with E-state index >= 15 is 0 Å². The van der Waals surface area contributed by atoms with Crippen LogP contribution in [0.3, 0.4) is 0 Å². The molecule has 0 spiro atoms. The van der Waals surface area contributed by atoms with Crippen molar-refractivity contribution in [2.45, 2.75) is 6.92 Å². The predicted octanol–water partition coefficient (Wildman–Crippen LogP) is 4.77. The Morgan fingerprint density at radius 2 is 2.10 bits per heavy atom. The van der Waals surface area contributed by atoms with Gasteiger partial charge in [0, 0.05) is 25.2 Å². The zero-order chi connectivity index (χ0) is 15.0. The molecule has 0 aliphatic rings. The Kier molecular flexibility index (Phi) is 3.81. The molecule has 0 bridgehead atoms. The number of aromatic amines is 1. The first-order valence-electron chi connectivity index (χ1n) is 6.07. The lowest BCUT2D eigenvalue weighted by atomic mass is 10.1. The van der Waals surface area contributed by atoms with Gasteiger partial charge in [-0.3, -0.25) is 4.79 Å². The van der Waals surface area contributed by atoms with Crippen molar-refractivity contribution in [3.05, 3.63) is 54.9 Å². The van der Waals surface area contributed by atoms with E-state index in [0.717, 1.165) is 19.9 Å². The molecule has 0 radical (unpaired) electrons. The number of aromatic nitrogens is 1. The molecule has 0 saturated carbocycles. The van der Waals surface area contributed by atoms with Crippen molar-refractivity contribution < 1.29 is 0 Å². The maximum atomic E-state index is 12.2. The van der Waals surface area contributed by atoms with E-state index in [4.69, 9.17) is 0 Å². The fourth-order valence-electron chi connectivity index (χ4n) is 2.03. The molecule has 3 aromatic rings. The maximum Gasteiger partial charge on any atom is 0.267 e. The molecule has 0 aromatic carbocycles. The minimum atomic E-state index is -0.347. The van der Waals surface area contributed by atoms with E-state index in [1.165, 1.54) is 16.2 Å². The average molecular weight is 377 g/mol. The van der Waals surface area contributed by atoms with Gasteiger partial charge in [0.05, 0.1) is 10.6 Å². The van der Waals surface area contributed by atoms with Crippen LogP contribution in [-0.2, 0) is 0 Å². The summed E-state index contributed by atoms with van der Waals surface area (Å²) in [6.07, 6.45) is 0. The number of hydrogen-bond acceptors (Lipinski definition) is 4. The van der Waals surface area contributed by atoms with Crippen molar-refractivity contribution in [1.82, 2.24) is 4.98 Å². The molecular formula is C15H9BrN2OS2.